The van der Waals surface area contributed by atoms with E-state index >= 15 is 0 Å². The Morgan fingerprint density at radius 2 is 2.23 bits per heavy atom. The number of nitrogens with zero attached hydrogens (tertiary/aromatic N) is 1. The van der Waals surface area contributed by atoms with Gasteiger partial charge in [-0.2, -0.15) is 0 Å². The lowest BCUT2D eigenvalue weighted by molar-refractivity contribution is 0.410. The van der Waals surface area contributed by atoms with E-state index in [0.717, 1.165) is 31.1 Å². The predicted octanol–water partition coefficient (Wildman–Crippen LogP) is 4.20. The Bertz CT molecular complexity index is 663. The SMILES string of the molecule is COc1cccc2c1CC[C@H]2NCc1cnc(C2CCC2)s1. The third-order valence-electron chi connectivity index (χ3n) is 5.00. The zero-order valence-corrected chi connectivity index (χ0v) is 13.8. The van der Waals surface area contributed by atoms with Crippen molar-refractivity contribution in [3.8, 4) is 5.75 Å². The summed E-state index contributed by atoms with van der Waals surface area (Å²) in [6, 6.07) is 6.84. The van der Waals surface area contributed by atoms with Gasteiger partial charge in [0, 0.05) is 29.6 Å². The fourth-order valence-corrected chi connectivity index (χ4v) is 4.53. The fourth-order valence-electron chi connectivity index (χ4n) is 3.50. The monoisotopic (exact) mass is 314 g/mol. The average molecular weight is 314 g/mol. The van der Waals surface area contributed by atoms with Gasteiger partial charge in [0.25, 0.3) is 0 Å². The Hall–Kier alpha value is -1.39. The molecule has 1 aromatic carbocycles. The maximum absolute atomic E-state index is 5.48. The fraction of sp³-hybridized carbons (Fsp3) is 0.500. The van der Waals surface area contributed by atoms with Crippen molar-refractivity contribution in [2.75, 3.05) is 7.11 Å². The standard InChI is InChI=1S/C18H22N2OS/c1-21-17-7-3-6-14-15(17)8-9-16(14)19-10-13-11-20-18(22-13)12-4-2-5-12/h3,6-7,11-12,16,19H,2,4-5,8-10H2,1H3/t16-/m1/s1. The summed E-state index contributed by atoms with van der Waals surface area (Å²) >= 11 is 1.89. The largest absolute Gasteiger partial charge is 0.496 e. The van der Waals surface area contributed by atoms with Crippen molar-refractivity contribution in [2.45, 2.75) is 50.6 Å². The highest BCUT2D eigenvalue weighted by Crippen LogP contribution is 2.39. The first-order valence-corrected chi connectivity index (χ1v) is 9.00. The van der Waals surface area contributed by atoms with Crippen molar-refractivity contribution in [2.24, 2.45) is 0 Å². The van der Waals surface area contributed by atoms with Crippen LogP contribution in [0.15, 0.2) is 24.4 Å². The molecular formula is C18H22N2OS. The maximum atomic E-state index is 5.48. The summed E-state index contributed by atoms with van der Waals surface area (Å²) in [5.74, 6) is 1.78. The van der Waals surface area contributed by atoms with Gasteiger partial charge in [0.05, 0.1) is 12.1 Å². The lowest BCUT2D eigenvalue weighted by Gasteiger charge is -2.22. The molecule has 4 heteroatoms. The number of benzene rings is 1. The van der Waals surface area contributed by atoms with E-state index in [1.807, 2.05) is 11.3 Å². The van der Waals surface area contributed by atoms with E-state index in [2.05, 4.69) is 34.7 Å². The van der Waals surface area contributed by atoms with Crippen molar-refractivity contribution in [3.05, 3.63) is 45.4 Å². The van der Waals surface area contributed by atoms with Gasteiger partial charge in [-0.05, 0) is 42.9 Å². The summed E-state index contributed by atoms with van der Waals surface area (Å²) in [6.45, 7) is 0.922. The number of aromatic nitrogens is 1. The highest BCUT2D eigenvalue weighted by molar-refractivity contribution is 7.11. The van der Waals surface area contributed by atoms with Gasteiger partial charge in [-0.3, -0.25) is 0 Å². The molecule has 2 aliphatic rings. The quantitative estimate of drug-likeness (QED) is 0.898. The first-order valence-electron chi connectivity index (χ1n) is 8.19. The van der Waals surface area contributed by atoms with Gasteiger partial charge in [0.15, 0.2) is 0 Å². The van der Waals surface area contributed by atoms with Crippen molar-refractivity contribution in [1.29, 1.82) is 0 Å². The van der Waals surface area contributed by atoms with Crippen molar-refractivity contribution in [1.82, 2.24) is 10.3 Å². The van der Waals surface area contributed by atoms with Crippen LogP contribution in [0.5, 0.6) is 5.75 Å². The van der Waals surface area contributed by atoms with Crippen LogP contribution in [0.3, 0.4) is 0 Å². The van der Waals surface area contributed by atoms with Gasteiger partial charge in [0.1, 0.15) is 5.75 Å². The molecule has 1 heterocycles. The van der Waals surface area contributed by atoms with Gasteiger partial charge in [-0.1, -0.05) is 18.6 Å². The number of hydrogen-bond donors (Lipinski definition) is 1. The first kappa shape index (κ1) is 14.2. The van der Waals surface area contributed by atoms with Crippen LogP contribution < -0.4 is 10.1 Å². The summed E-state index contributed by atoms with van der Waals surface area (Å²) < 4.78 is 5.48. The smallest absolute Gasteiger partial charge is 0.122 e. The molecule has 4 rings (SSSR count). The summed E-state index contributed by atoms with van der Waals surface area (Å²) in [5.41, 5.74) is 2.78. The Morgan fingerprint density at radius 1 is 1.32 bits per heavy atom. The van der Waals surface area contributed by atoms with Crippen LogP contribution in [-0.4, -0.2) is 12.1 Å². The highest BCUT2D eigenvalue weighted by Gasteiger charge is 2.25. The van der Waals surface area contributed by atoms with Gasteiger partial charge >= 0.3 is 0 Å². The Morgan fingerprint density at radius 3 is 3.00 bits per heavy atom. The van der Waals surface area contributed by atoms with Crippen LogP contribution in [0, 0.1) is 0 Å². The van der Waals surface area contributed by atoms with E-state index in [-0.39, 0.29) is 0 Å². The minimum atomic E-state index is 0.444. The molecule has 0 unspecified atom stereocenters. The molecule has 0 aliphatic heterocycles. The van der Waals surface area contributed by atoms with Crippen LogP contribution in [-0.2, 0) is 13.0 Å². The molecule has 1 fully saturated rings. The summed E-state index contributed by atoms with van der Waals surface area (Å²) in [7, 11) is 1.76. The lowest BCUT2D eigenvalue weighted by atomic mass is 9.86. The van der Waals surface area contributed by atoms with E-state index in [4.69, 9.17) is 4.74 Å². The molecule has 0 amide bonds. The molecule has 1 saturated carbocycles. The number of methoxy groups -OCH3 is 1. The van der Waals surface area contributed by atoms with Crippen LogP contribution in [0.4, 0.5) is 0 Å². The van der Waals surface area contributed by atoms with Gasteiger partial charge in [0.2, 0.25) is 0 Å². The molecule has 0 bridgehead atoms. The van der Waals surface area contributed by atoms with Gasteiger partial charge < -0.3 is 10.1 Å². The molecule has 1 aromatic heterocycles. The Labute approximate surface area is 135 Å². The van der Waals surface area contributed by atoms with Crippen LogP contribution in [0.1, 0.15) is 58.7 Å². The van der Waals surface area contributed by atoms with E-state index in [1.165, 1.54) is 40.3 Å². The van der Waals surface area contributed by atoms with Gasteiger partial charge in [-0.15, -0.1) is 11.3 Å². The molecular weight excluding hydrogens is 292 g/mol. The second-order valence-electron chi connectivity index (χ2n) is 6.29. The Balaban J connectivity index is 1.42. The van der Waals surface area contributed by atoms with E-state index in [9.17, 15) is 0 Å². The normalized spacial score (nSPS) is 20.7. The minimum Gasteiger partial charge on any atom is -0.496 e. The number of hydrogen-bond acceptors (Lipinski definition) is 4. The summed E-state index contributed by atoms with van der Waals surface area (Å²) in [5, 5.41) is 5.05. The highest BCUT2D eigenvalue weighted by atomic mass is 32.1. The number of thiazole rings is 1. The predicted molar refractivity (Wildman–Crippen MR) is 89.6 cm³/mol. The van der Waals surface area contributed by atoms with E-state index in [0.29, 0.717) is 6.04 Å². The number of fused-ring (bicyclic) bond motifs is 1. The zero-order valence-electron chi connectivity index (χ0n) is 13.0. The lowest BCUT2D eigenvalue weighted by Crippen LogP contribution is -2.18. The second-order valence-corrected chi connectivity index (χ2v) is 7.44. The van der Waals surface area contributed by atoms with Gasteiger partial charge in [-0.25, -0.2) is 4.98 Å². The van der Waals surface area contributed by atoms with Crippen molar-refractivity contribution in [3.63, 3.8) is 0 Å². The molecule has 1 N–H and O–H groups in total. The van der Waals surface area contributed by atoms with Crippen LogP contribution >= 0.6 is 11.3 Å². The second kappa shape index (κ2) is 6.01. The molecule has 22 heavy (non-hydrogen) atoms. The summed E-state index contributed by atoms with van der Waals surface area (Å²) in [6.07, 6.45) is 8.36. The average Bonchev–Trinajstić information content (AvgIpc) is 3.10. The number of rotatable bonds is 5. The molecule has 0 spiro atoms. The maximum Gasteiger partial charge on any atom is 0.122 e. The topological polar surface area (TPSA) is 34.1 Å². The number of nitrogens with one attached hydrogen (secondary N) is 1. The molecule has 2 aliphatic carbocycles. The molecule has 1 atom stereocenters. The zero-order chi connectivity index (χ0) is 14.9. The molecule has 116 valence electrons. The summed E-state index contributed by atoms with van der Waals surface area (Å²) in [4.78, 5) is 5.97. The van der Waals surface area contributed by atoms with Crippen molar-refractivity contribution < 1.29 is 4.74 Å². The molecule has 0 radical (unpaired) electrons. The third kappa shape index (κ3) is 2.55. The molecule has 3 nitrogen and oxygen atoms in total. The van der Waals surface area contributed by atoms with E-state index in [1.54, 1.807) is 7.11 Å². The van der Waals surface area contributed by atoms with Crippen molar-refractivity contribution >= 4 is 11.3 Å². The molecule has 0 saturated heterocycles. The van der Waals surface area contributed by atoms with Crippen LogP contribution in [0.2, 0.25) is 0 Å². The Kier molecular flexibility index (Phi) is 3.89. The molecule has 2 aromatic rings. The van der Waals surface area contributed by atoms with Crippen LogP contribution in [0.25, 0.3) is 0 Å². The van der Waals surface area contributed by atoms with E-state index < -0.39 is 0 Å². The first-order chi connectivity index (χ1) is 10.8. The minimum absolute atomic E-state index is 0.444. The number of ether oxygens (including phenoxy) is 1. The third-order valence-corrected chi connectivity index (χ3v) is 6.16.